The van der Waals surface area contributed by atoms with Gasteiger partial charge in [-0.3, -0.25) is 9.69 Å². The average Bonchev–Trinajstić information content (AvgIpc) is 2.61. The molecule has 1 saturated heterocycles. The molecule has 3 nitrogen and oxygen atoms in total. The molecule has 0 bridgehead atoms. The van der Waals surface area contributed by atoms with E-state index in [9.17, 15) is 4.79 Å². The van der Waals surface area contributed by atoms with E-state index in [0.717, 1.165) is 38.4 Å². The third-order valence-electron chi connectivity index (χ3n) is 5.23. The first-order chi connectivity index (χ1) is 12.3. The maximum absolute atomic E-state index is 12.3. The minimum Gasteiger partial charge on any atom is -0.339 e. The Morgan fingerprint density at radius 1 is 1.00 bits per heavy atom. The molecule has 2 aromatic carbocycles. The summed E-state index contributed by atoms with van der Waals surface area (Å²) in [6, 6.07) is 19.6. The van der Waals surface area contributed by atoms with Gasteiger partial charge in [-0.1, -0.05) is 54.6 Å². The van der Waals surface area contributed by atoms with Crippen molar-refractivity contribution in [1.29, 1.82) is 0 Å². The van der Waals surface area contributed by atoms with Gasteiger partial charge in [0.1, 0.15) is 0 Å². The number of rotatable bonds is 5. The Bertz CT molecular complexity index is 728. The SMILES string of the molecule is O=C(CSCc1ccccc1)N1CC(N2CCc3ccccc3C2)C1. The average molecular weight is 353 g/mol. The van der Waals surface area contributed by atoms with Gasteiger partial charge in [-0.25, -0.2) is 0 Å². The zero-order chi connectivity index (χ0) is 17.1. The fourth-order valence-electron chi connectivity index (χ4n) is 3.64. The Kier molecular flexibility index (Phi) is 5.09. The second-order valence-electron chi connectivity index (χ2n) is 6.92. The van der Waals surface area contributed by atoms with Crippen molar-refractivity contribution in [3.05, 3.63) is 71.3 Å². The van der Waals surface area contributed by atoms with Crippen molar-refractivity contribution in [1.82, 2.24) is 9.80 Å². The number of nitrogens with zero attached hydrogens (tertiary/aromatic N) is 2. The lowest BCUT2D eigenvalue weighted by molar-refractivity contribution is -0.136. The third kappa shape index (κ3) is 3.91. The molecule has 0 atom stereocenters. The van der Waals surface area contributed by atoms with Crippen LogP contribution in [0.2, 0.25) is 0 Å². The van der Waals surface area contributed by atoms with Crippen molar-refractivity contribution in [3.63, 3.8) is 0 Å². The summed E-state index contributed by atoms with van der Waals surface area (Å²) in [5.41, 5.74) is 4.23. The summed E-state index contributed by atoms with van der Waals surface area (Å²) in [4.78, 5) is 16.9. The van der Waals surface area contributed by atoms with E-state index in [1.807, 2.05) is 11.0 Å². The third-order valence-corrected chi connectivity index (χ3v) is 6.22. The van der Waals surface area contributed by atoms with Gasteiger partial charge < -0.3 is 4.90 Å². The monoisotopic (exact) mass is 352 g/mol. The number of benzene rings is 2. The summed E-state index contributed by atoms with van der Waals surface area (Å²) < 4.78 is 0. The minimum absolute atomic E-state index is 0.287. The first-order valence-corrected chi connectivity index (χ1v) is 10.2. The van der Waals surface area contributed by atoms with E-state index < -0.39 is 0 Å². The molecule has 2 aliphatic heterocycles. The van der Waals surface area contributed by atoms with E-state index in [4.69, 9.17) is 0 Å². The Hall–Kier alpha value is -1.78. The van der Waals surface area contributed by atoms with Crippen molar-refractivity contribution in [2.45, 2.75) is 24.8 Å². The van der Waals surface area contributed by atoms with Crippen LogP contribution < -0.4 is 0 Å². The van der Waals surface area contributed by atoms with Crippen molar-refractivity contribution in [3.8, 4) is 0 Å². The molecule has 2 heterocycles. The molecule has 0 saturated carbocycles. The van der Waals surface area contributed by atoms with Crippen LogP contribution in [-0.2, 0) is 23.5 Å². The summed E-state index contributed by atoms with van der Waals surface area (Å²) >= 11 is 1.71. The molecule has 4 rings (SSSR count). The van der Waals surface area contributed by atoms with E-state index in [-0.39, 0.29) is 5.91 Å². The molecule has 0 unspecified atom stereocenters. The lowest BCUT2D eigenvalue weighted by Crippen LogP contribution is -2.62. The van der Waals surface area contributed by atoms with Crippen LogP contribution in [0.25, 0.3) is 0 Å². The molecule has 1 amide bonds. The molecule has 25 heavy (non-hydrogen) atoms. The summed E-state index contributed by atoms with van der Waals surface area (Å²) in [5, 5.41) is 0. The van der Waals surface area contributed by atoms with Gasteiger partial charge in [-0.05, 0) is 23.1 Å². The van der Waals surface area contributed by atoms with Crippen LogP contribution in [0.4, 0.5) is 0 Å². The molecular formula is C21H24N2OS. The highest BCUT2D eigenvalue weighted by Crippen LogP contribution is 2.25. The van der Waals surface area contributed by atoms with Crippen molar-refractivity contribution in [2.24, 2.45) is 0 Å². The molecule has 4 heteroatoms. The highest BCUT2D eigenvalue weighted by molar-refractivity contribution is 7.99. The van der Waals surface area contributed by atoms with Crippen LogP contribution in [0.15, 0.2) is 54.6 Å². The van der Waals surface area contributed by atoms with E-state index >= 15 is 0 Å². The minimum atomic E-state index is 0.287. The number of carbonyl (C=O) groups excluding carboxylic acids is 1. The normalized spacial score (nSPS) is 17.8. The van der Waals surface area contributed by atoms with Crippen LogP contribution in [0.1, 0.15) is 16.7 Å². The van der Waals surface area contributed by atoms with Gasteiger partial charge in [-0.2, -0.15) is 0 Å². The topological polar surface area (TPSA) is 23.6 Å². The number of hydrogen-bond donors (Lipinski definition) is 0. The smallest absolute Gasteiger partial charge is 0.232 e. The highest BCUT2D eigenvalue weighted by Gasteiger charge is 2.35. The summed E-state index contributed by atoms with van der Waals surface area (Å²) in [5.74, 6) is 1.78. The van der Waals surface area contributed by atoms with Crippen molar-refractivity contribution < 1.29 is 4.79 Å². The predicted octanol–water partition coefficient (Wildman–Crippen LogP) is 3.19. The quantitative estimate of drug-likeness (QED) is 0.826. The second kappa shape index (κ2) is 7.63. The first-order valence-electron chi connectivity index (χ1n) is 9.00. The van der Waals surface area contributed by atoms with Gasteiger partial charge in [0, 0.05) is 38.0 Å². The predicted molar refractivity (Wildman–Crippen MR) is 104 cm³/mol. The summed E-state index contributed by atoms with van der Waals surface area (Å²) in [6.45, 7) is 3.94. The van der Waals surface area contributed by atoms with E-state index in [1.165, 1.54) is 16.7 Å². The lowest BCUT2D eigenvalue weighted by atomic mass is 9.96. The Morgan fingerprint density at radius 2 is 1.72 bits per heavy atom. The zero-order valence-corrected chi connectivity index (χ0v) is 15.3. The molecule has 2 aliphatic rings. The molecule has 0 spiro atoms. The standard InChI is InChI=1S/C21H24N2OS/c24-21(16-25-15-17-6-2-1-3-7-17)23-13-20(14-23)22-11-10-18-8-4-5-9-19(18)12-22/h1-9,20H,10-16H2. The summed E-state index contributed by atoms with van der Waals surface area (Å²) in [7, 11) is 0. The second-order valence-corrected chi connectivity index (χ2v) is 7.91. The van der Waals surface area contributed by atoms with Crippen LogP contribution >= 0.6 is 11.8 Å². The lowest BCUT2D eigenvalue weighted by Gasteiger charge is -2.47. The number of carbonyl (C=O) groups is 1. The number of thioether (sulfide) groups is 1. The van der Waals surface area contributed by atoms with Gasteiger partial charge in [0.15, 0.2) is 0 Å². The fourth-order valence-corrected chi connectivity index (χ4v) is 4.53. The highest BCUT2D eigenvalue weighted by atomic mass is 32.2. The maximum Gasteiger partial charge on any atom is 0.232 e. The Morgan fingerprint density at radius 3 is 2.52 bits per heavy atom. The van der Waals surface area contributed by atoms with Gasteiger partial charge >= 0.3 is 0 Å². The first kappa shape index (κ1) is 16.7. The Labute approximate surface area is 154 Å². The number of amides is 1. The molecule has 1 fully saturated rings. The Balaban J connectivity index is 1.21. The maximum atomic E-state index is 12.3. The molecular weight excluding hydrogens is 328 g/mol. The van der Waals surface area contributed by atoms with E-state index in [0.29, 0.717) is 11.8 Å². The number of hydrogen-bond acceptors (Lipinski definition) is 3. The molecule has 0 aromatic heterocycles. The fraction of sp³-hybridized carbons (Fsp3) is 0.381. The van der Waals surface area contributed by atoms with Gasteiger partial charge in [0.2, 0.25) is 5.91 Å². The van der Waals surface area contributed by atoms with E-state index in [1.54, 1.807) is 11.8 Å². The zero-order valence-electron chi connectivity index (χ0n) is 14.4. The van der Waals surface area contributed by atoms with Crippen LogP contribution in [0.5, 0.6) is 0 Å². The van der Waals surface area contributed by atoms with Crippen LogP contribution in [0, 0.1) is 0 Å². The number of likely N-dealkylation sites (tertiary alicyclic amines) is 1. The number of fused-ring (bicyclic) bond motifs is 1. The van der Waals surface area contributed by atoms with Gasteiger partial charge in [0.25, 0.3) is 0 Å². The molecule has 2 aromatic rings. The van der Waals surface area contributed by atoms with Gasteiger partial charge in [0.05, 0.1) is 5.75 Å². The van der Waals surface area contributed by atoms with Gasteiger partial charge in [-0.15, -0.1) is 11.8 Å². The largest absolute Gasteiger partial charge is 0.339 e. The summed E-state index contributed by atoms with van der Waals surface area (Å²) in [6.07, 6.45) is 1.13. The molecule has 0 aliphatic carbocycles. The molecule has 0 radical (unpaired) electrons. The molecule has 130 valence electrons. The van der Waals surface area contributed by atoms with Crippen molar-refractivity contribution in [2.75, 3.05) is 25.4 Å². The van der Waals surface area contributed by atoms with Crippen LogP contribution in [0.3, 0.4) is 0 Å². The van der Waals surface area contributed by atoms with E-state index in [2.05, 4.69) is 53.4 Å². The van der Waals surface area contributed by atoms with Crippen molar-refractivity contribution >= 4 is 17.7 Å². The van der Waals surface area contributed by atoms with Crippen LogP contribution in [-0.4, -0.2) is 47.1 Å². The molecule has 0 N–H and O–H groups in total.